The van der Waals surface area contributed by atoms with Gasteiger partial charge in [0.05, 0.1) is 22.3 Å². The van der Waals surface area contributed by atoms with E-state index in [1.54, 1.807) is 6.92 Å². The predicted octanol–water partition coefficient (Wildman–Crippen LogP) is 4.30. The van der Waals surface area contributed by atoms with E-state index < -0.39 is 5.97 Å². The molecule has 0 spiro atoms. The molecule has 0 unspecified atom stereocenters. The van der Waals surface area contributed by atoms with E-state index in [1.807, 2.05) is 31.2 Å². The summed E-state index contributed by atoms with van der Waals surface area (Å²) in [6.07, 6.45) is 2.86. The van der Waals surface area contributed by atoms with Gasteiger partial charge in [0.25, 0.3) is 0 Å². The molecule has 4 rings (SSSR count). The highest BCUT2D eigenvalue weighted by Gasteiger charge is 2.28. The molecule has 4 aromatic rings. The average Bonchev–Trinajstić information content (AvgIpc) is 3.04. The zero-order chi connectivity index (χ0) is 19.8. The lowest BCUT2D eigenvalue weighted by Crippen LogP contribution is -2.06. The molecule has 7 nitrogen and oxygen atoms in total. The molecule has 0 atom stereocenters. The zero-order valence-corrected chi connectivity index (χ0v) is 16.0. The maximum atomic E-state index is 12.6. The number of benzene rings is 2. The van der Waals surface area contributed by atoms with E-state index in [1.165, 1.54) is 24.3 Å². The summed E-state index contributed by atoms with van der Waals surface area (Å²) in [6, 6.07) is 7.80. The van der Waals surface area contributed by atoms with Crippen LogP contribution < -0.4 is 5.73 Å². The van der Waals surface area contributed by atoms with Gasteiger partial charge in [-0.15, -0.1) is 0 Å². The summed E-state index contributed by atoms with van der Waals surface area (Å²) in [7, 11) is 0. The number of aromatic nitrogens is 2. The van der Waals surface area contributed by atoms with Gasteiger partial charge in [0.2, 0.25) is 5.88 Å². The quantitative estimate of drug-likeness (QED) is 0.492. The minimum atomic E-state index is -0.611. The van der Waals surface area contributed by atoms with Gasteiger partial charge in [-0.25, -0.2) is 14.8 Å². The van der Waals surface area contributed by atoms with Crippen LogP contribution in [0, 0.1) is 6.92 Å². The number of hydrogen-bond donors (Lipinski definition) is 2. The molecular formula is C20H17N3O4S. The summed E-state index contributed by atoms with van der Waals surface area (Å²) in [6.45, 7) is 3.89. The molecule has 0 saturated carbocycles. The van der Waals surface area contributed by atoms with Gasteiger partial charge in [-0.2, -0.15) is 0 Å². The summed E-state index contributed by atoms with van der Waals surface area (Å²) in [4.78, 5) is 22.0. The molecule has 0 aliphatic rings. The third-order valence-electron chi connectivity index (χ3n) is 4.28. The minimum absolute atomic E-state index is 0.0678. The highest BCUT2D eigenvalue weighted by atomic mass is 32.2. The monoisotopic (exact) mass is 395 g/mol. The highest BCUT2D eigenvalue weighted by Crippen LogP contribution is 2.48. The Kier molecular flexibility index (Phi) is 4.56. The highest BCUT2D eigenvalue weighted by molar-refractivity contribution is 7.99. The molecule has 2 aromatic carbocycles. The Morgan fingerprint density at radius 2 is 2.07 bits per heavy atom. The lowest BCUT2D eigenvalue weighted by atomic mass is 10.1. The first-order valence-corrected chi connectivity index (χ1v) is 9.41. The number of furan rings is 1. The van der Waals surface area contributed by atoms with Gasteiger partial charge in [0.1, 0.15) is 23.0 Å². The molecule has 2 aromatic heterocycles. The van der Waals surface area contributed by atoms with E-state index in [-0.39, 0.29) is 23.8 Å². The first kappa shape index (κ1) is 18.1. The summed E-state index contributed by atoms with van der Waals surface area (Å²) in [5.41, 5.74) is 7.87. The van der Waals surface area contributed by atoms with Crippen LogP contribution in [0.4, 0.5) is 5.88 Å². The lowest BCUT2D eigenvalue weighted by Gasteiger charge is -2.10. The van der Waals surface area contributed by atoms with Gasteiger partial charge in [-0.05, 0) is 26.0 Å². The topological polar surface area (TPSA) is 111 Å². The third-order valence-corrected chi connectivity index (χ3v) is 5.39. The van der Waals surface area contributed by atoms with Gasteiger partial charge in [0, 0.05) is 11.1 Å². The van der Waals surface area contributed by atoms with Crippen molar-refractivity contribution in [2.24, 2.45) is 0 Å². The van der Waals surface area contributed by atoms with Crippen molar-refractivity contribution in [2.45, 2.75) is 23.6 Å². The fourth-order valence-electron chi connectivity index (χ4n) is 2.99. The van der Waals surface area contributed by atoms with Gasteiger partial charge < -0.3 is 20.0 Å². The van der Waals surface area contributed by atoms with Crippen LogP contribution in [-0.4, -0.2) is 27.7 Å². The number of hydrogen-bond acceptors (Lipinski definition) is 8. The lowest BCUT2D eigenvalue weighted by molar-refractivity contribution is 0.0529. The summed E-state index contributed by atoms with van der Waals surface area (Å²) < 4.78 is 10.9. The minimum Gasteiger partial charge on any atom is -0.505 e. The average molecular weight is 395 g/mol. The second-order valence-corrected chi connectivity index (χ2v) is 7.23. The SMILES string of the molecule is CCOC(=O)c1c(N)oc2c1c(Sc1ccc(C)cc1)c(O)c1ncncc12. The number of carbonyl (C=O) groups is 1. The molecule has 0 amide bonds. The number of aryl methyl sites for hydroxylation is 1. The number of phenolic OH excluding ortho intramolecular Hbond substituents is 1. The molecular weight excluding hydrogens is 378 g/mol. The van der Waals surface area contributed by atoms with Crippen LogP contribution in [0.3, 0.4) is 0 Å². The number of rotatable bonds is 4. The molecule has 0 bridgehead atoms. The summed E-state index contributed by atoms with van der Waals surface area (Å²) in [5.74, 6) is -0.753. The Hall–Kier alpha value is -3.26. The Morgan fingerprint density at radius 1 is 1.32 bits per heavy atom. The number of anilines is 1. The second-order valence-electron chi connectivity index (χ2n) is 6.14. The zero-order valence-electron chi connectivity index (χ0n) is 15.2. The first-order valence-electron chi connectivity index (χ1n) is 8.59. The molecule has 2 heterocycles. The van der Waals surface area contributed by atoms with Gasteiger partial charge in [0.15, 0.2) is 5.75 Å². The Bertz CT molecular complexity index is 1200. The van der Waals surface area contributed by atoms with Crippen LogP contribution in [0.1, 0.15) is 22.8 Å². The number of nitrogen functional groups attached to an aromatic ring is 1. The van der Waals surface area contributed by atoms with Crippen molar-refractivity contribution in [2.75, 3.05) is 12.3 Å². The van der Waals surface area contributed by atoms with E-state index in [0.717, 1.165) is 10.5 Å². The number of nitrogens with two attached hydrogens (primary N) is 1. The number of ether oxygens (including phenoxy) is 1. The third kappa shape index (κ3) is 2.91. The van der Waals surface area contributed by atoms with Crippen molar-refractivity contribution in [3.63, 3.8) is 0 Å². The number of phenols is 1. The van der Waals surface area contributed by atoms with Crippen LogP contribution in [-0.2, 0) is 4.74 Å². The van der Waals surface area contributed by atoms with Crippen LogP contribution >= 0.6 is 11.8 Å². The molecule has 0 fully saturated rings. The van der Waals surface area contributed by atoms with Crippen LogP contribution in [0.15, 0.2) is 51.0 Å². The molecule has 28 heavy (non-hydrogen) atoms. The maximum absolute atomic E-state index is 12.6. The Labute approximate surface area is 164 Å². The van der Waals surface area contributed by atoms with Crippen LogP contribution in [0.2, 0.25) is 0 Å². The largest absolute Gasteiger partial charge is 0.505 e. The molecule has 0 aliphatic heterocycles. The predicted molar refractivity (Wildman–Crippen MR) is 107 cm³/mol. The molecule has 0 saturated heterocycles. The standard InChI is InChI=1S/C20H17N3O4S/c1-3-26-20(25)14-13-17(27-19(14)21)12-8-22-9-23-15(12)16(24)18(13)28-11-6-4-10(2)5-7-11/h4-9,24H,3,21H2,1-2H3. The van der Waals surface area contributed by atoms with Gasteiger partial charge in [-0.1, -0.05) is 29.5 Å². The molecule has 8 heteroatoms. The van der Waals surface area contributed by atoms with Crippen LogP contribution in [0.25, 0.3) is 21.9 Å². The number of esters is 1. The van der Waals surface area contributed by atoms with Crippen molar-refractivity contribution in [1.82, 2.24) is 9.97 Å². The Morgan fingerprint density at radius 3 is 2.79 bits per heavy atom. The summed E-state index contributed by atoms with van der Waals surface area (Å²) in [5, 5.41) is 11.8. The fraction of sp³-hybridized carbons (Fsp3) is 0.150. The second kappa shape index (κ2) is 7.05. The molecule has 0 radical (unpaired) electrons. The van der Waals surface area contributed by atoms with E-state index in [4.69, 9.17) is 14.9 Å². The van der Waals surface area contributed by atoms with Crippen molar-refractivity contribution in [3.05, 3.63) is 47.9 Å². The number of nitrogens with zero attached hydrogens (tertiary/aromatic N) is 2. The van der Waals surface area contributed by atoms with Crippen molar-refractivity contribution in [3.8, 4) is 5.75 Å². The van der Waals surface area contributed by atoms with E-state index in [0.29, 0.717) is 26.8 Å². The first-order chi connectivity index (χ1) is 13.5. The normalized spacial score (nSPS) is 11.2. The summed E-state index contributed by atoms with van der Waals surface area (Å²) >= 11 is 1.30. The Balaban J connectivity index is 2.05. The number of aromatic hydroxyl groups is 1. The number of fused-ring (bicyclic) bond motifs is 3. The maximum Gasteiger partial charge on any atom is 0.344 e. The van der Waals surface area contributed by atoms with E-state index >= 15 is 0 Å². The van der Waals surface area contributed by atoms with Gasteiger partial charge >= 0.3 is 5.97 Å². The number of carbonyl (C=O) groups excluding carboxylic acids is 1. The molecule has 3 N–H and O–H groups in total. The van der Waals surface area contributed by atoms with Crippen molar-refractivity contribution >= 4 is 45.5 Å². The van der Waals surface area contributed by atoms with E-state index in [9.17, 15) is 9.90 Å². The van der Waals surface area contributed by atoms with Crippen LogP contribution in [0.5, 0.6) is 5.75 Å². The smallest absolute Gasteiger partial charge is 0.344 e. The van der Waals surface area contributed by atoms with Gasteiger partial charge in [-0.3, -0.25) is 0 Å². The van der Waals surface area contributed by atoms with Crippen molar-refractivity contribution in [1.29, 1.82) is 0 Å². The van der Waals surface area contributed by atoms with E-state index in [2.05, 4.69) is 9.97 Å². The van der Waals surface area contributed by atoms with Crippen molar-refractivity contribution < 1.29 is 19.1 Å². The molecule has 0 aliphatic carbocycles. The fourth-order valence-corrected chi connectivity index (χ4v) is 3.99. The molecule has 142 valence electrons.